The molecule has 0 aromatic heterocycles. The normalized spacial score (nSPS) is 12.1. The predicted octanol–water partition coefficient (Wildman–Crippen LogP) is 20.7. The smallest absolute Gasteiger partial charge is 0.306 e. The van der Waals surface area contributed by atoms with Gasteiger partial charge < -0.3 is 14.2 Å². The first-order valence-corrected chi connectivity index (χ1v) is 30.8. The standard InChI is InChI=1S/C63H118O6/c1-4-7-10-13-16-19-22-25-27-29-31-33-35-38-41-44-47-50-53-56-62(65)68-59-60(58-67-61(64)55-52-49-46-43-40-37-24-21-18-15-12-9-6-3)69-63(66)57-54-51-48-45-42-39-36-34-32-30-28-26-23-20-17-14-11-8-5-2/h29,31,37,40,60H,4-28,30,32-36,38-39,41-59H2,1-3H3/b31-29-,40-37-. The summed E-state index contributed by atoms with van der Waals surface area (Å²) in [5.41, 5.74) is 0. The van der Waals surface area contributed by atoms with Crippen LogP contribution in [0.2, 0.25) is 0 Å². The molecule has 1 unspecified atom stereocenters. The number of hydrogen-bond acceptors (Lipinski definition) is 6. The number of ether oxygens (including phenoxy) is 3. The minimum atomic E-state index is -0.776. The Kier molecular flexibility index (Phi) is 56.7. The average molecular weight is 972 g/mol. The third kappa shape index (κ3) is 56.7. The molecule has 0 rings (SSSR count). The molecule has 6 heteroatoms. The number of unbranched alkanes of at least 4 members (excludes halogenated alkanes) is 42. The topological polar surface area (TPSA) is 78.9 Å². The second kappa shape index (κ2) is 58.5. The van der Waals surface area contributed by atoms with Crippen LogP contribution >= 0.6 is 0 Å². The maximum absolute atomic E-state index is 12.9. The van der Waals surface area contributed by atoms with Crippen molar-refractivity contribution in [3.8, 4) is 0 Å². The minimum Gasteiger partial charge on any atom is -0.462 e. The van der Waals surface area contributed by atoms with Gasteiger partial charge in [-0.15, -0.1) is 0 Å². The molecule has 0 aliphatic heterocycles. The second-order valence-corrected chi connectivity index (χ2v) is 21.0. The number of carbonyl (C=O) groups is 3. The van der Waals surface area contributed by atoms with Gasteiger partial charge in [-0.25, -0.2) is 0 Å². The number of hydrogen-bond donors (Lipinski definition) is 0. The molecule has 0 fully saturated rings. The van der Waals surface area contributed by atoms with E-state index in [0.29, 0.717) is 19.3 Å². The first-order chi connectivity index (χ1) is 34.0. The molecule has 0 spiro atoms. The van der Waals surface area contributed by atoms with Crippen LogP contribution in [-0.2, 0) is 28.6 Å². The molecule has 0 heterocycles. The summed E-state index contributed by atoms with van der Waals surface area (Å²) in [5.74, 6) is -0.871. The summed E-state index contributed by atoms with van der Waals surface area (Å²) in [7, 11) is 0. The van der Waals surface area contributed by atoms with Crippen molar-refractivity contribution in [2.45, 2.75) is 348 Å². The van der Waals surface area contributed by atoms with Crippen molar-refractivity contribution in [3.63, 3.8) is 0 Å². The fraction of sp³-hybridized carbons (Fsp3) is 0.889. The highest BCUT2D eigenvalue weighted by Crippen LogP contribution is 2.17. The summed E-state index contributed by atoms with van der Waals surface area (Å²) >= 11 is 0. The van der Waals surface area contributed by atoms with Crippen molar-refractivity contribution in [2.75, 3.05) is 13.2 Å². The number of rotatable bonds is 57. The molecule has 0 aromatic carbocycles. The van der Waals surface area contributed by atoms with Crippen LogP contribution in [-0.4, -0.2) is 37.2 Å². The number of esters is 3. The van der Waals surface area contributed by atoms with E-state index in [9.17, 15) is 14.4 Å². The first-order valence-electron chi connectivity index (χ1n) is 30.8. The number of allylic oxidation sites excluding steroid dienone is 4. The first kappa shape index (κ1) is 66.9. The molecule has 1 atom stereocenters. The van der Waals surface area contributed by atoms with Crippen molar-refractivity contribution >= 4 is 17.9 Å². The summed E-state index contributed by atoms with van der Waals surface area (Å²) in [6.45, 7) is 6.67. The van der Waals surface area contributed by atoms with Crippen LogP contribution < -0.4 is 0 Å². The zero-order valence-corrected chi connectivity index (χ0v) is 46.6. The predicted molar refractivity (Wildman–Crippen MR) is 298 cm³/mol. The van der Waals surface area contributed by atoms with Gasteiger partial charge in [0.25, 0.3) is 0 Å². The van der Waals surface area contributed by atoms with E-state index in [4.69, 9.17) is 14.2 Å². The zero-order chi connectivity index (χ0) is 50.0. The molecule has 6 nitrogen and oxygen atoms in total. The summed E-state index contributed by atoms with van der Waals surface area (Å²) in [5, 5.41) is 0. The van der Waals surface area contributed by atoms with Crippen LogP contribution in [0.3, 0.4) is 0 Å². The Hall–Kier alpha value is -2.11. The van der Waals surface area contributed by atoms with E-state index in [1.807, 2.05) is 0 Å². The molecule has 0 saturated carbocycles. The zero-order valence-electron chi connectivity index (χ0n) is 46.6. The molecule has 0 N–H and O–H groups in total. The molecule has 0 saturated heterocycles. The lowest BCUT2D eigenvalue weighted by Gasteiger charge is -2.18. The van der Waals surface area contributed by atoms with Crippen LogP contribution in [0.25, 0.3) is 0 Å². The lowest BCUT2D eigenvalue weighted by Crippen LogP contribution is -2.30. The lowest BCUT2D eigenvalue weighted by atomic mass is 10.0. The molecular formula is C63H118O6. The Morgan fingerprint density at radius 3 is 0.739 bits per heavy atom. The highest BCUT2D eigenvalue weighted by Gasteiger charge is 2.19. The van der Waals surface area contributed by atoms with E-state index in [2.05, 4.69) is 45.1 Å². The largest absolute Gasteiger partial charge is 0.462 e. The van der Waals surface area contributed by atoms with Crippen molar-refractivity contribution < 1.29 is 28.6 Å². The minimum absolute atomic E-state index is 0.0737. The van der Waals surface area contributed by atoms with Gasteiger partial charge >= 0.3 is 17.9 Å². The number of carbonyl (C=O) groups excluding carboxylic acids is 3. The van der Waals surface area contributed by atoms with Gasteiger partial charge in [0.05, 0.1) is 0 Å². The van der Waals surface area contributed by atoms with Gasteiger partial charge in [-0.3, -0.25) is 14.4 Å². The quantitative estimate of drug-likeness (QED) is 0.0261. The molecular weight excluding hydrogens is 853 g/mol. The van der Waals surface area contributed by atoms with Crippen LogP contribution in [0.1, 0.15) is 342 Å². The Bertz CT molecular complexity index is 1110. The average Bonchev–Trinajstić information content (AvgIpc) is 3.35. The summed E-state index contributed by atoms with van der Waals surface area (Å²) in [4.78, 5) is 38.2. The fourth-order valence-corrected chi connectivity index (χ4v) is 9.26. The van der Waals surface area contributed by atoms with E-state index in [1.54, 1.807) is 0 Å². The highest BCUT2D eigenvalue weighted by atomic mass is 16.6. The van der Waals surface area contributed by atoms with Crippen molar-refractivity contribution in [3.05, 3.63) is 24.3 Å². The molecule has 0 radical (unpaired) electrons. The SMILES string of the molecule is CCCCCCCC/C=C\CCCCCC(=O)OCC(COC(=O)CCCCCCCCC/C=C\CCCCCCCCCC)OC(=O)CCCCCCCCCCCCCCCCCCCCC. The van der Waals surface area contributed by atoms with E-state index in [-0.39, 0.29) is 31.1 Å². The molecule has 69 heavy (non-hydrogen) atoms. The molecule has 406 valence electrons. The van der Waals surface area contributed by atoms with Crippen molar-refractivity contribution in [1.29, 1.82) is 0 Å². The van der Waals surface area contributed by atoms with Gasteiger partial charge in [-0.2, -0.15) is 0 Å². The third-order valence-corrected chi connectivity index (χ3v) is 13.9. The van der Waals surface area contributed by atoms with E-state index >= 15 is 0 Å². The molecule has 0 amide bonds. The van der Waals surface area contributed by atoms with Crippen LogP contribution in [0, 0.1) is 0 Å². The maximum atomic E-state index is 12.9. The fourth-order valence-electron chi connectivity index (χ4n) is 9.26. The van der Waals surface area contributed by atoms with Gasteiger partial charge in [-0.05, 0) is 70.6 Å². The van der Waals surface area contributed by atoms with Crippen molar-refractivity contribution in [1.82, 2.24) is 0 Å². The van der Waals surface area contributed by atoms with E-state index in [1.165, 1.54) is 231 Å². The molecule has 0 aliphatic rings. The van der Waals surface area contributed by atoms with E-state index < -0.39 is 6.10 Å². The Balaban J connectivity index is 4.31. The third-order valence-electron chi connectivity index (χ3n) is 13.9. The van der Waals surface area contributed by atoms with Gasteiger partial charge in [0.1, 0.15) is 13.2 Å². The van der Waals surface area contributed by atoms with Crippen LogP contribution in [0.5, 0.6) is 0 Å². The highest BCUT2D eigenvalue weighted by molar-refractivity contribution is 5.71. The van der Waals surface area contributed by atoms with Gasteiger partial charge in [0, 0.05) is 19.3 Å². The Labute approximate surface area is 430 Å². The molecule has 0 aliphatic carbocycles. The van der Waals surface area contributed by atoms with Gasteiger partial charge in [0.2, 0.25) is 0 Å². The summed E-state index contributed by atoms with van der Waals surface area (Å²) in [6, 6.07) is 0. The summed E-state index contributed by atoms with van der Waals surface area (Å²) in [6.07, 6.45) is 68.9. The maximum Gasteiger partial charge on any atom is 0.306 e. The van der Waals surface area contributed by atoms with Gasteiger partial charge in [-0.1, -0.05) is 276 Å². The Morgan fingerprint density at radius 1 is 0.275 bits per heavy atom. The van der Waals surface area contributed by atoms with Crippen molar-refractivity contribution in [2.24, 2.45) is 0 Å². The van der Waals surface area contributed by atoms with Crippen LogP contribution in [0.15, 0.2) is 24.3 Å². The monoisotopic (exact) mass is 971 g/mol. The van der Waals surface area contributed by atoms with E-state index in [0.717, 1.165) is 70.6 Å². The second-order valence-electron chi connectivity index (χ2n) is 21.0. The van der Waals surface area contributed by atoms with Gasteiger partial charge in [0.15, 0.2) is 6.10 Å². The van der Waals surface area contributed by atoms with Crippen LogP contribution in [0.4, 0.5) is 0 Å². The summed E-state index contributed by atoms with van der Waals surface area (Å²) < 4.78 is 16.9. The molecule has 0 aromatic rings. The molecule has 0 bridgehead atoms. The lowest BCUT2D eigenvalue weighted by molar-refractivity contribution is -0.167. The Morgan fingerprint density at radius 2 is 0.478 bits per heavy atom.